The van der Waals surface area contributed by atoms with Crippen molar-refractivity contribution in [1.82, 2.24) is 4.98 Å². The molecule has 0 atom stereocenters. The second-order valence-corrected chi connectivity index (χ2v) is 9.07. The fourth-order valence-corrected chi connectivity index (χ4v) is 5.02. The Morgan fingerprint density at radius 3 is 2.61 bits per heavy atom. The summed E-state index contributed by atoms with van der Waals surface area (Å²) in [4.78, 5) is 29.2. The molecule has 2 heterocycles. The van der Waals surface area contributed by atoms with Gasteiger partial charge in [-0.05, 0) is 24.6 Å². The van der Waals surface area contributed by atoms with E-state index < -0.39 is 5.91 Å². The number of primary amides is 1. The van der Waals surface area contributed by atoms with Gasteiger partial charge in [0, 0.05) is 28.5 Å². The number of fused-ring (bicyclic) bond motifs is 1. The molecule has 156 valence electrons. The van der Waals surface area contributed by atoms with Gasteiger partial charge in [0.25, 0.3) is 5.91 Å². The van der Waals surface area contributed by atoms with Crippen LogP contribution in [0.1, 0.15) is 22.3 Å². The van der Waals surface area contributed by atoms with Crippen LogP contribution in [0.25, 0.3) is 22.0 Å². The van der Waals surface area contributed by atoms with Gasteiger partial charge in [0.1, 0.15) is 5.00 Å². The molecule has 4 aromatic rings. The Morgan fingerprint density at radius 2 is 1.84 bits per heavy atom. The Kier molecular flexibility index (Phi) is 6.34. The summed E-state index contributed by atoms with van der Waals surface area (Å²) >= 11 is 2.84. The lowest BCUT2D eigenvalue weighted by molar-refractivity contribution is -0.115. The van der Waals surface area contributed by atoms with Crippen LogP contribution in [0.5, 0.6) is 0 Å². The van der Waals surface area contributed by atoms with Gasteiger partial charge >= 0.3 is 0 Å². The summed E-state index contributed by atoms with van der Waals surface area (Å²) in [6, 6.07) is 19.8. The number of benzene rings is 2. The van der Waals surface area contributed by atoms with Crippen LogP contribution in [-0.4, -0.2) is 22.6 Å². The van der Waals surface area contributed by atoms with Crippen LogP contribution in [0.2, 0.25) is 0 Å². The Balaban J connectivity index is 1.41. The van der Waals surface area contributed by atoms with E-state index in [1.54, 1.807) is 0 Å². The summed E-state index contributed by atoms with van der Waals surface area (Å²) in [5, 5.41) is 7.16. The van der Waals surface area contributed by atoms with Crippen molar-refractivity contribution in [2.75, 3.05) is 11.1 Å². The highest BCUT2D eigenvalue weighted by molar-refractivity contribution is 7.99. The summed E-state index contributed by atoms with van der Waals surface area (Å²) < 4.78 is 0. The summed E-state index contributed by atoms with van der Waals surface area (Å²) in [7, 11) is 0. The van der Waals surface area contributed by atoms with Gasteiger partial charge in [-0.1, -0.05) is 54.1 Å². The Bertz CT molecular complexity index is 1250. The number of nitrogens with two attached hydrogens (primary N) is 1. The normalized spacial score (nSPS) is 10.9. The zero-order valence-corrected chi connectivity index (χ0v) is 18.6. The van der Waals surface area contributed by atoms with Crippen molar-refractivity contribution >= 4 is 50.8 Å². The molecular weight excluding hydrogens is 426 g/mol. The molecule has 2 amide bonds. The van der Waals surface area contributed by atoms with Gasteiger partial charge < -0.3 is 11.1 Å². The predicted molar refractivity (Wildman–Crippen MR) is 129 cm³/mol. The number of nitrogens with one attached hydrogen (secondary N) is 1. The maximum Gasteiger partial charge on any atom is 0.252 e. The molecule has 0 unspecified atom stereocenters. The van der Waals surface area contributed by atoms with Crippen molar-refractivity contribution < 1.29 is 9.59 Å². The fraction of sp³-hybridized carbons (Fsp3) is 0.125. The van der Waals surface area contributed by atoms with Crippen LogP contribution in [0.4, 0.5) is 5.00 Å². The first-order valence-corrected chi connectivity index (χ1v) is 11.6. The number of thiophene rings is 1. The lowest BCUT2D eigenvalue weighted by Gasteiger charge is -2.07. The molecule has 5 nitrogen and oxygen atoms in total. The molecular formula is C24H21N3O2S2. The number of pyridine rings is 1. The zero-order valence-electron chi connectivity index (χ0n) is 16.9. The number of carbonyl (C=O) groups is 2. The summed E-state index contributed by atoms with van der Waals surface area (Å²) in [6.07, 6.45) is 0.301. The zero-order chi connectivity index (χ0) is 21.8. The lowest BCUT2D eigenvalue weighted by atomic mass is 10.0. The number of rotatable bonds is 7. The number of aromatic nitrogens is 1. The molecule has 0 aliphatic carbocycles. The number of hydrogen-bond acceptors (Lipinski definition) is 5. The van der Waals surface area contributed by atoms with Crippen molar-refractivity contribution in [3.63, 3.8) is 0 Å². The number of aryl methyl sites for hydroxylation is 1. The van der Waals surface area contributed by atoms with Crippen molar-refractivity contribution in [2.24, 2.45) is 5.73 Å². The third kappa shape index (κ3) is 4.95. The average molecular weight is 448 g/mol. The molecule has 2 aromatic carbocycles. The number of amides is 2. The third-order valence-electron chi connectivity index (χ3n) is 4.80. The van der Waals surface area contributed by atoms with Crippen LogP contribution >= 0.6 is 23.1 Å². The van der Waals surface area contributed by atoms with Gasteiger partial charge in [0.05, 0.1) is 16.1 Å². The van der Waals surface area contributed by atoms with E-state index in [1.807, 2.05) is 73.0 Å². The van der Waals surface area contributed by atoms with Crippen LogP contribution in [-0.2, 0) is 4.79 Å². The largest absolute Gasteiger partial charge is 0.365 e. The molecule has 0 spiro atoms. The van der Waals surface area contributed by atoms with E-state index in [0.717, 1.165) is 32.6 Å². The SMILES string of the molecule is Cc1ccc(-c2csc(NC(=O)CCSc3ccc4ccccc4n3)c2C(N)=O)cc1. The van der Waals surface area contributed by atoms with E-state index >= 15 is 0 Å². The van der Waals surface area contributed by atoms with Crippen LogP contribution in [0.15, 0.2) is 71.1 Å². The molecule has 0 aliphatic heterocycles. The average Bonchev–Trinajstić information content (AvgIpc) is 3.18. The van der Waals surface area contributed by atoms with Crippen molar-refractivity contribution in [2.45, 2.75) is 18.4 Å². The molecule has 3 N–H and O–H groups in total. The minimum atomic E-state index is -0.554. The number of carbonyl (C=O) groups excluding carboxylic acids is 2. The number of nitrogens with zero attached hydrogens (tertiary/aromatic N) is 1. The Labute approximate surface area is 188 Å². The van der Waals surface area contributed by atoms with Gasteiger partial charge in [0.15, 0.2) is 0 Å². The van der Waals surface area contributed by atoms with E-state index in [9.17, 15) is 9.59 Å². The van der Waals surface area contributed by atoms with Crippen molar-refractivity contribution in [3.05, 3.63) is 77.2 Å². The molecule has 4 rings (SSSR count). The van der Waals surface area contributed by atoms with E-state index in [1.165, 1.54) is 23.1 Å². The minimum Gasteiger partial charge on any atom is -0.365 e. The number of para-hydroxylation sites is 1. The topological polar surface area (TPSA) is 85.1 Å². The van der Waals surface area contributed by atoms with Crippen LogP contribution in [0, 0.1) is 6.92 Å². The standard InChI is InChI=1S/C24H21N3O2S2/c1-15-6-8-16(9-7-15)18-14-31-24(22(18)23(25)29)27-20(28)12-13-30-21-11-10-17-4-2-3-5-19(17)26-21/h2-11,14H,12-13H2,1H3,(H2,25,29)(H,27,28). The van der Waals surface area contributed by atoms with Crippen LogP contribution < -0.4 is 11.1 Å². The first kappa shape index (κ1) is 21.1. The highest BCUT2D eigenvalue weighted by Crippen LogP contribution is 2.35. The maximum atomic E-state index is 12.5. The van der Waals surface area contributed by atoms with Gasteiger partial charge in [-0.3, -0.25) is 9.59 Å². The van der Waals surface area contributed by atoms with Crippen LogP contribution in [0.3, 0.4) is 0 Å². The van der Waals surface area contributed by atoms with Gasteiger partial charge in [-0.15, -0.1) is 23.1 Å². The summed E-state index contributed by atoms with van der Waals surface area (Å²) in [5.41, 5.74) is 9.68. The molecule has 31 heavy (non-hydrogen) atoms. The molecule has 0 fully saturated rings. The quantitative estimate of drug-likeness (QED) is 0.367. The highest BCUT2D eigenvalue weighted by Gasteiger charge is 2.19. The van der Waals surface area contributed by atoms with Gasteiger partial charge in [0.2, 0.25) is 5.91 Å². The molecule has 0 bridgehead atoms. The van der Waals surface area contributed by atoms with E-state index in [-0.39, 0.29) is 5.91 Å². The number of hydrogen-bond donors (Lipinski definition) is 2. The Hall–Kier alpha value is -3.16. The smallest absolute Gasteiger partial charge is 0.252 e. The monoisotopic (exact) mass is 447 g/mol. The minimum absolute atomic E-state index is 0.159. The molecule has 0 saturated heterocycles. The third-order valence-corrected chi connectivity index (χ3v) is 6.63. The maximum absolute atomic E-state index is 12.5. The second kappa shape index (κ2) is 9.32. The van der Waals surface area contributed by atoms with Gasteiger partial charge in [-0.25, -0.2) is 4.98 Å². The summed E-state index contributed by atoms with van der Waals surface area (Å²) in [6.45, 7) is 2.00. The first-order chi connectivity index (χ1) is 15.0. The van der Waals surface area contributed by atoms with Gasteiger partial charge in [-0.2, -0.15) is 0 Å². The second-order valence-electron chi connectivity index (χ2n) is 7.07. The van der Waals surface area contributed by atoms with Crippen molar-refractivity contribution in [1.29, 1.82) is 0 Å². The van der Waals surface area contributed by atoms with E-state index in [4.69, 9.17) is 5.73 Å². The summed E-state index contributed by atoms with van der Waals surface area (Å²) in [5.74, 6) is -0.130. The van der Waals surface area contributed by atoms with Crippen molar-refractivity contribution in [3.8, 4) is 11.1 Å². The fourth-order valence-electron chi connectivity index (χ4n) is 3.21. The first-order valence-electron chi connectivity index (χ1n) is 9.78. The molecule has 0 radical (unpaired) electrons. The number of thioether (sulfide) groups is 1. The Morgan fingerprint density at radius 1 is 1.06 bits per heavy atom. The highest BCUT2D eigenvalue weighted by atomic mass is 32.2. The molecule has 0 saturated carbocycles. The molecule has 2 aromatic heterocycles. The lowest BCUT2D eigenvalue weighted by Crippen LogP contribution is -2.17. The molecule has 7 heteroatoms. The van der Waals surface area contributed by atoms with E-state index in [2.05, 4.69) is 10.3 Å². The van der Waals surface area contributed by atoms with E-state index in [0.29, 0.717) is 22.7 Å². The number of anilines is 1. The predicted octanol–water partition coefficient (Wildman–Crippen LogP) is 5.49. The molecule has 0 aliphatic rings.